The highest BCUT2D eigenvalue weighted by Gasteiger charge is 2.08. The number of sulfonamides is 1. The molecule has 0 spiro atoms. The molecule has 0 saturated heterocycles. The van der Waals surface area contributed by atoms with E-state index in [1.165, 1.54) is 12.1 Å². The van der Waals surface area contributed by atoms with E-state index in [1.54, 1.807) is 29.2 Å². The van der Waals surface area contributed by atoms with Gasteiger partial charge in [-0.2, -0.15) is 5.10 Å². The van der Waals surface area contributed by atoms with Gasteiger partial charge in [0, 0.05) is 16.9 Å². The lowest BCUT2D eigenvalue weighted by Gasteiger charge is -2.09. The van der Waals surface area contributed by atoms with Gasteiger partial charge in [-0.15, -0.1) is 0 Å². The molecule has 0 amide bonds. The van der Waals surface area contributed by atoms with Crippen LogP contribution in [0.4, 0.5) is 11.4 Å². The van der Waals surface area contributed by atoms with Crippen LogP contribution in [0.5, 0.6) is 0 Å². The number of nitrogens with one attached hydrogen (secondary N) is 2. The molecule has 0 fully saturated rings. The maximum atomic E-state index is 11.3. The number of nitrogens with zero attached hydrogens (tertiary/aromatic N) is 2. The molecule has 1 aromatic heterocycles. The van der Waals surface area contributed by atoms with Crippen molar-refractivity contribution in [1.82, 2.24) is 9.78 Å². The fourth-order valence-electron chi connectivity index (χ4n) is 2.34. The van der Waals surface area contributed by atoms with Gasteiger partial charge in [-0.1, -0.05) is 29.8 Å². The first-order valence-electron chi connectivity index (χ1n) is 7.78. The predicted molar refractivity (Wildman–Crippen MR) is 110 cm³/mol. The zero-order valence-corrected chi connectivity index (χ0v) is 16.4. The van der Waals surface area contributed by atoms with Crippen molar-refractivity contribution in [3.8, 4) is 0 Å². The van der Waals surface area contributed by atoms with E-state index >= 15 is 0 Å². The zero-order chi connectivity index (χ0) is 19.4. The summed E-state index contributed by atoms with van der Waals surface area (Å²) in [6.45, 7) is 0.538. The van der Waals surface area contributed by atoms with Crippen LogP contribution >= 0.6 is 23.8 Å². The van der Waals surface area contributed by atoms with Gasteiger partial charge in [-0.3, -0.25) is 4.68 Å². The van der Waals surface area contributed by atoms with Gasteiger partial charge >= 0.3 is 0 Å². The Morgan fingerprint density at radius 1 is 1.11 bits per heavy atom. The number of thiocarbonyl (C=S) groups is 1. The standard InChI is InChI=1S/C17H16ClN5O2S2/c18-16-4-2-1-3-12(16)10-23-11-14(9-20-23)22-17(26)21-13-5-7-15(8-6-13)27(19,24)25/h1-9,11H,10H2,(H2,19,24,25)(H2,21,22,26). The summed E-state index contributed by atoms with van der Waals surface area (Å²) in [4.78, 5) is 0.0350. The summed E-state index contributed by atoms with van der Waals surface area (Å²) in [5.74, 6) is 0. The maximum Gasteiger partial charge on any atom is 0.238 e. The number of hydrogen-bond acceptors (Lipinski definition) is 4. The Labute approximate surface area is 167 Å². The number of anilines is 2. The Hall–Kier alpha value is -2.46. The Balaban J connectivity index is 1.60. The van der Waals surface area contributed by atoms with Gasteiger partial charge in [-0.05, 0) is 48.1 Å². The van der Waals surface area contributed by atoms with Crippen LogP contribution < -0.4 is 15.8 Å². The van der Waals surface area contributed by atoms with Crippen LogP contribution in [0.3, 0.4) is 0 Å². The predicted octanol–water partition coefficient (Wildman–Crippen LogP) is 3.04. The Morgan fingerprint density at radius 3 is 2.44 bits per heavy atom. The van der Waals surface area contributed by atoms with Gasteiger partial charge < -0.3 is 10.6 Å². The van der Waals surface area contributed by atoms with Gasteiger partial charge in [0.1, 0.15) is 0 Å². The summed E-state index contributed by atoms with van der Waals surface area (Å²) in [6, 6.07) is 13.5. The Kier molecular flexibility index (Phi) is 5.76. The summed E-state index contributed by atoms with van der Waals surface area (Å²) in [5, 5.41) is 16.4. The molecule has 7 nitrogen and oxygen atoms in total. The lowest BCUT2D eigenvalue weighted by Crippen LogP contribution is -2.19. The van der Waals surface area contributed by atoms with Crippen molar-refractivity contribution >= 4 is 50.3 Å². The van der Waals surface area contributed by atoms with Crippen LogP contribution in [-0.2, 0) is 16.6 Å². The molecular weight excluding hydrogens is 406 g/mol. The molecule has 140 valence electrons. The molecule has 0 aliphatic rings. The van der Waals surface area contributed by atoms with Crippen molar-refractivity contribution in [1.29, 1.82) is 0 Å². The Morgan fingerprint density at radius 2 is 1.78 bits per heavy atom. The quantitative estimate of drug-likeness (QED) is 0.547. The van der Waals surface area contributed by atoms with E-state index in [0.29, 0.717) is 28.1 Å². The smallest absolute Gasteiger partial charge is 0.238 e. The van der Waals surface area contributed by atoms with Crippen LogP contribution in [0, 0.1) is 0 Å². The van der Waals surface area contributed by atoms with Crippen molar-refractivity contribution in [3.63, 3.8) is 0 Å². The second kappa shape index (κ2) is 8.05. The third kappa shape index (κ3) is 5.27. The number of benzene rings is 2. The summed E-state index contributed by atoms with van der Waals surface area (Å²) in [7, 11) is -3.72. The van der Waals surface area contributed by atoms with E-state index in [2.05, 4.69) is 15.7 Å². The van der Waals surface area contributed by atoms with Crippen molar-refractivity contribution in [2.75, 3.05) is 10.6 Å². The molecule has 0 atom stereocenters. The molecule has 1 heterocycles. The average Bonchev–Trinajstić information content (AvgIpc) is 3.03. The molecule has 4 N–H and O–H groups in total. The lowest BCUT2D eigenvalue weighted by atomic mass is 10.2. The number of aromatic nitrogens is 2. The van der Waals surface area contributed by atoms with Gasteiger partial charge in [-0.25, -0.2) is 13.6 Å². The van der Waals surface area contributed by atoms with E-state index in [-0.39, 0.29) is 4.90 Å². The number of primary sulfonamides is 1. The highest BCUT2D eigenvalue weighted by atomic mass is 35.5. The van der Waals surface area contributed by atoms with Crippen LogP contribution in [0.2, 0.25) is 5.02 Å². The second-order valence-corrected chi connectivity index (χ2v) is 8.04. The van der Waals surface area contributed by atoms with Gasteiger partial charge in [0.05, 0.1) is 23.3 Å². The fourth-order valence-corrected chi connectivity index (χ4v) is 3.28. The minimum atomic E-state index is -3.72. The van der Waals surface area contributed by atoms with E-state index < -0.39 is 10.0 Å². The number of halogens is 1. The molecule has 0 unspecified atom stereocenters. The molecule has 0 radical (unpaired) electrons. The summed E-state index contributed by atoms with van der Waals surface area (Å²) < 4.78 is 24.3. The molecule has 0 aliphatic carbocycles. The molecule has 3 aromatic rings. The number of nitrogens with two attached hydrogens (primary N) is 1. The highest BCUT2D eigenvalue weighted by Crippen LogP contribution is 2.17. The average molecular weight is 422 g/mol. The summed E-state index contributed by atoms with van der Waals surface area (Å²) in [6.07, 6.45) is 3.45. The fraction of sp³-hybridized carbons (Fsp3) is 0.0588. The van der Waals surface area contributed by atoms with E-state index in [4.69, 9.17) is 29.0 Å². The largest absolute Gasteiger partial charge is 0.332 e. The van der Waals surface area contributed by atoms with Gasteiger partial charge in [0.2, 0.25) is 10.0 Å². The third-order valence-electron chi connectivity index (χ3n) is 3.62. The third-order valence-corrected chi connectivity index (χ3v) is 5.12. The van der Waals surface area contributed by atoms with E-state index in [0.717, 1.165) is 5.56 Å². The van der Waals surface area contributed by atoms with Crippen LogP contribution in [0.15, 0.2) is 65.8 Å². The van der Waals surface area contributed by atoms with E-state index in [9.17, 15) is 8.42 Å². The number of hydrogen-bond donors (Lipinski definition) is 3. The first kappa shape index (κ1) is 19.3. The molecule has 0 bridgehead atoms. The monoisotopic (exact) mass is 421 g/mol. The normalized spacial score (nSPS) is 11.2. The zero-order valence-electron chi connectivity index (χ0n) is 14.0. The summed E-state index contributed by atoms with van der Waals surface area (Å²) in [5.41, 5.74) is 2.30. The molecule has 27 heavy (non-hydrogen) atoms. The molecule has 0 aliphatic heterocycles. The molecule has 10 heteroatoms. The number of rotatable bonds is 5. The van der Waals surface area contributed by atoms with Crippen molar-refractivity contribution in [2.45, 2.75) is 11.4 Å². The van der Waals surface area contributed by atoms with Crippen molar-refractivity contribution in [2.24, 2.45) is 5.14 Å². The second-order valence-electron chi connectivity index (χ2n) is 5.67. The maximum absolute atomic E-state index is 11.3. The van der Waals surface area contributed by atoms with Crippen LogP contribution in [0.25, 0.3) is 0 Å². The van der Waals surface area contributed by atoms with Crippen molar-refractivity contribution < 1.29 is 8.42 Å². The molecule has 2 aromatic carbocycles. The van der Waals surface area contributed by atoms with Crippen LogP contribution in [-0.4, -0.2) is 23.3 Å². The first-order chi connectivity index (χ1) is 12.8. The van der Waals surface area contributed by atoms with Gasteiger partial charge in [0.25, 0.3) is 0 Å². The highest BCUT2D eigenvalue weighted by molar-refractivity contribution is 7.89. The first-order valence-corrected chi connectivity index (χ1v) is 10.1. The molecule has 3 rings (SSSR count). The molecule has 0 saturated carbocycles. The lowest BCUT2D eigenvalue weighted by molar-refractivity contribution is 0.598. The minimum absolute atomic E-state index is 0.0350. The molecular formula is C17H16ClN5O2S2. The van der Waals surface area contributed by atoms with Gasteiger partial charge in [0.15, 0.2) is 5.11 Å². The summed E-state index contributed by atoms with van der Waals surface area (Å²) >= 11 is 11.4. The van der Waals surface area contributed by atoms with Crippen molar-refractivity contribution in [3.05, 3.63) is 71.5 Å². The Bertz CT molecular complexity index is 1060. The van der Waals surface area contributed by atoms with Crippen LogP contribution in [0.1, 0.15) is 5.56 Å². The topological polar surface area (TPSA) is 102 Å². The minimum Gasteiger partial charge on any atom is -0.332 e. The SMILES string of the molecule is NS(=O)(=O)c1ccc(NC(=S)Nc2cnn(Cc3ccccc3Cl)c2)cc1. The van der Waals surface area contributed by atoms with E-state index in [1.807, 2.05) is 24.3 Å².